The normalized spacial score (nSPS) is 10.3. The summed E-state index contributed by atoms with van der Waals surface area (Å²) in [6.45, 7) is 2.00. The first-order valence-corrected chi connectivity index (χ1v) is 9.72. The summed E-state index contributed by atoms with van der Waals surface area (Å²) < 4.78 is 5.45. The first-order chi connectivity index (χ1) is 12.5. The fraction of sp³-hybridized carbons (Fsp3) is 0.294. The van der Waals surface area contributed by atoms with Gasteiger partial charge in [0.15, 0.2) is 4.34 Å². The van der Waals surface area contributed by atoms with Crippen LogP contribution in [0.5, 0.6) is 0 Å². The van der Waals surface area contributed by atoms with Crippen molar-refractivity contribution in [3.8, 4) is 11.3 Å². The highest BCUT2D eigenvalue weighted by atomic mass is 32.2. The highest BCUT2D eigenvalue weighted by Gasteiger charge is 2.17. The molecule has 7 nitrogen and oxygen atoms in total. The smallest absolute Gasteiger partial charge is 0.306 e. The standard InChI is InChI=1S/C17H19N3O4S2/c1-2-24-14(23)9-8-13(22)19-16-15(11-6-4-3-5-7-11)20-17(26-16)25-10-12(18)21/h3-7H,2,8-10H2,1H3,(H2,18,21)(H,19,22). The molecule has 0 saturated heterocycles. The Labute approximate surface area is 159 Å². The number of hydrogen-bond acceptors (Lipinski definition) is 7. The van der Waals surface area contributed by atoms with E-state index < -0.39 is 11.9 Å². The first kappa shape index (κ1) is 19.9. The Morgan fingerprint density at radius 3 is 2.62 bits per heavy atom. The quantitative estimate of drug-likeness (QED) is 0.500. The van der Waals surface area contributed by atoms with Crippen molar-refractivity contribution in [2.24, 2.45) is 5.73 Å². The number of carbonyl (C=O) groups is 3. The van der Waals surface area contributed by atoms with E-state index in [-0.39, 0.29) is 31.1 Å². The van der Waals surface area contributed by atoms with E-state index in [1.54, 1.807) is 6.92 Å². The third-order valence-corrected chi connectivity index (χ3v) is 5.24. The fourth-order valence-electron chi connectivity index (χ4n) is 2.01. The van der Waals surface area contributed by atoms with Gasteiger partial charge >= 0.3 is 5.97 Å². The lowest BCUT2D eigenvalue weighted by atomic mass is 10.1. The summed E-state index contributed by atoms with van der Waals surface area (Å²) in [7, 11) is 0. The molecule has 2 amide bonds. The van der Waals surface area contributed by atoms with Gasteiger partial charge in [-0.05, 0) is 6.92 Å². The van der Waals surface area contributed by atoms with Crippen LogP contribution in [0.15, 0.2) is 34.7 Å². The molecule has 0 radical (unpaired) electrons. The molecule has 0 aliphatic heterocycles. The molecule has 0 fully saturated rings. The molecular weight excluding hydrogens is 374 g/mol. The van der Waals surface area contributed by atoms with E-state index in [9.17, 15) is 14.4 Å². The summed E-state index contributed by atoms with van der Waals surface area (Å²) in [5, 5.41) is 3.36. The Balaban J connectivity index is 2.13. The third kappa shape index (κ3) is 6.16. The van der Waals surface area contributed by atoms with Gasteiger partial charge in [-0.2, -0.15) is 0 Å². The molecule has 0 spiro atoms. The van der Waals surface area contributed by atoms with E-state index in [0.717, 1.165) is 5.56 Å². The van der Waals surface area contributed by atoms with Crippen LogP contribution in [-0.4, -0.2) is 35.1 Å². The number of carbonyl (C=O) groups excluding carboxylic acids is 3. The maximum Gasteiger partial charge on any atom is 0.306 e. The monoisotopic (exact) mass is 393 g/mol. The second-order valence-corrected chi connectivity index (χ2v) is 7.35. The molecular formula is C17H19N3O4S2. The van der Waals surface area contributed by atoms with E-state index in [1.807, 2.05) is 30.3 Å². The highest BCUT2D eigenvalue weighted by molar-refractivity contribution is 8.01. The van der Waals surface area contributed by atoms with Gasteiger partial charge in [-0.15, -0.1) is 0 Å². The molecule has 0 aliphatic rings. The number of amides is 2. The minimum absolute atomic E-state index is 0.0163. The second kappa shape index (κ2) is 9.93. The van der Waals surface area contributed by atoms with Crippen molar-refractivity contribution in [2.45, 2.75) is 24.1 Å². The predicted molar refractivity (Wildman–Crippen MR) is 102 cm³/mol. The van der Waals surface area contributed by atoms with Crippen molar-refractivity contribution in [1.82, 2.24) is 4.98 Å². The van der Waals surface area contributed by atoms with Crippen molar-refractivity contribution < 1.29 is 19.1 Å². The average Bonchev–Trinajstić information content (AvgIpc) is 3.02. The van der Waals surface area contributed by atoms with Crippen LogP contribution in [0.3, 0.4) is 0 Å². The Kier molecular flexibility index (Phi) is 7.61. The third-order valence-electron chi connectivity index (χ3n) is 3.11. The summed E-state index contributed by atoms with van der Waals surface area (Å²) in [5.74, 6) is -1.04. The minimum Gasteiger partial charge on any atom is -0.466 e. The number of nitrogens with zero attached hydrogens (tertiary/aromatic N) is 1. The van der Waals surface area contributed by atoms with Crippen LogP contribution >= 0.6 is 23.1 Å². The van der Waals surface area contributed by atoms with Crippen LogP contribution in [-0.2, 0) is 19.1 Å². The van der Waals surface area contributed by atoms with Crippen molar-refractivity contribution in [1.29, 1.82) is 0 Å². The van der Waals surface area contributed by atoms with Gasteiger partial charge in [-0.3, -0.25) is 14.4 Å². The predicted octanol–water partition coefficient (Wildman–Crippen LogP) is 2.67. The number of esters is 1. The van der Waals surface area contributed by atoms with E-state index in [0.29, 0.717) is 15.0 Å². The molecule has 2 aromatic rings. The molecule has 0 aliphatic carbocycles. The maximum absolute atomic E-state index is 12.2. The number of primary amides is 1. The van der Waals surface area contributed by atoms with Crippen LogP contribution in [0.4, 0.5) is 5.00 Å². The summed E-state index contributed by atoms with van der Waals surface area (Å²) in [6, 6.07) is 9.39. The van der Waals surface area contributed by atoms with Crippen molar-refractivity contribution in [3.05, 3.63) is 30.3 Å². The molecule has 0 atom stereocenters. The van der Waals surface area contributed by atoms with Gasteiger partial charge in [0.2, 0.25) is 11.8 Å². The Hall–Kier alpha value is -2.39. The molecule has 1 aromatic carbocycles. The number of benzene rings is 1. The Morgan fingerprint density at radius 2 is 1.96 bits per heavy atom. The SMILES string of the molecule is CCOC(=O)CCC(=O)Nc1sc(SCC(N)=O)nc1-c1ccccc1. The van der Waals surface area contributed by atoms with Crippen LogP contribution in [0, 0.1) is 0 Å². The number of nitrogens with one attached hydrogen (secondary N) is 1. The van der Waals surface area contributed by atoms with E-state index in [1.165, 1.54) is 23.1 Å². The molecule has 0 unspecified atom stereocenters. The summed E-state index contributed by atoms with van der Waals surface area (Å²) in [4.78, 5) is 39.0. The molecule has 1 aromatic heterocycles. The van der Waals surface area contributed by atoms with Crippen LogP contribution in [0.2, 0.25) is 0 Å². The number of aromatic nitrogens is 1. The van der Waals surface area contributed by atoms with Crippen molar-refractivity contribution in [3.63, 3.8) is 0 Å². The largest absolute Gasteiger partial charge is 0.466 e. The first-order valence-electron chi connectivity index (χ1n) is 7.92. The summed E-state index contributed by atoms with van der Waals surface area (Å²) in [6.07, 6.45) is 0.0388. The van der Waals surface area contributed by atoms with E-state index in [2.05, 4.69) is 10.3 Å². The fourth-order valence-corrected chi connectivity index (χ4v) is 3.83. The zero-order valence-electron chi connectivity index (χ0n) is 14.2. The number of nitrogens with two attached hydrogens (primary N) is 1. The second-order valence-electron chi connectivity index (χ2n) is 5.13. The van der Waals surface area contributed by atoms with Gasteiger partial charge in [0.1, 0.15) is 10.7 Å². The maximum atomic E-state index is 12.2. The van der Waals surface area contributed by atoms with Gasteiger partial charge in [0.05, 0.1) is 18.8 Å². The Bertz CT molecular complexity index is 778. The lowest BCUT2D eigenvalue weighted by molar-refractivity contribution is -0.144. The number of thiazole rings is 1. The van der Waals surface area contributed by atoms with Crippen LogP contribution < -0.4 is 11.1 Å². The highest BCUT2D eigenvalue weighted by Crippen LogP contribution is 2.37. The van der Waals surface area contributed by atoms with Crippen LogP contribution in [0.25, 0.3) is 11.3 Å². The van der Waals surface area contributed by atoms with E-state index in [4.69, 9.17) is 10.5 Å². The van der Waals surface area contributed by atoms with Crippen LogP contribution in [0.1, 0.15) is 19.8 Å². The molecule has 3 N–H and O–H groups in total. The van der Waals surface area contributed by atoms with Gasteiger partial charge in [-0.25, -0.2) is 4.98 Å². The van der Waals surface area contributed by atoms with E-state index >= 15 is 0 Å². The zero-order chi connectivity index (χ0) is 18.9. The number of thioether (sulfide) groups is 1. The lowest BCUT2D eigenvalue weighted by Gasteiger charge is -2.05. The molecule has 0 saturated carbocycles. The summed E-state index contributed by atoms with van der Waals surface area (Å²) in [5.41, 5.74) is 6.63. The van der Waals surface area contributed by atoms with Crippen molar-refractivity contribution in [2.75, 3.05) is 17.7 Å². The van der Waals surface area contributed by atoms with Gasteiger partial charge in [-0.1, -0.05) is 53.4 Å². The number of rotatable bonds is 9. The molecule has 2 rings (SSSR count). The topological polar surface area (TPSA) is 111 Å². The molecule has 0 bridgehead atoms. The van der Waals surface area contributed by atoms with Gasteiger partial charge in [0, 0.05) is 12.0 Å². The molecule has 138 valence electrons. The number of hydrogen-bond donors (Lipinski definition) is 2. The summed E-state index contributed by atoms with van der Waals surface area (Å²) >= 11 is 2.48. The molecule has 9 heteroatoms. The van der Waals surface area contributed by atoms with Gasteiger partial charge < -0.3 is 15.8 Å². The van der Waals surface area contributed by atoms with Gasteiger partial charge in [0.25, 0.3) is 0 Å². The average molecular weight is 393 g/mol. The number of anilines is 1. The minimum atomic E-state index is -0.438. The molecule has 1 heterocycles. The number of ether oxygens (including phenoxy) is 1. The van der Waals surface area contributed by atoms with Crippen molar-refractivity contribution >= 4 is 45.9 Å². The lowest BCUT2D eigenvalue weighted by Crippen LogP contribution is -2.14. The molecule has 26 heavy (non-hydrogen) atoms. The zero-order valence-corrected chi connectivity index (χ0v) is 15.8. The Morgan fingerprint density at radius 1 is 1.23 bits per heavy atom.